The highest BCUT2D eigenvalue weighted by molar-refractivity contribution is 7.18. The highest BCUT2D eigenvalue weighted by Gasteiger charge is 2.19. The molecule has 0 spiro atoms. The van der Waals surface area contributed by atoms with Crippen molar-refractivity contribution in [2.75, 3.05) is 49.2 Å². The van der Waals surface area contributed by atoms with Gasteiger partial charge in [0.2, 0.25) is 5.78 Å². The maximum atomic E-state index is 12.9. The molecule has 0 amide bonds. The topological polar surface area (TPSA) is 74.5 Å². The van der Waals surface area contributed by atoms with Crippen molar-refractivity contribution in [1.82, 2.24) is 9.88 Å². The summed E-state index contributed by atoms with van der Waals surface area (Å²) in [5.41, 5.74) is 9.68. The van der Waals surface area contributed by atoms with Crippen molar-refractivity contribution in [3.05, 3.63) is 64.5 Å². The van der Waals surface area contributed by atoms with Crippen LogP contribution in [0.1, 0.15) is 27.7 Å². The van der Waals surface area contributed by atoms with E-state index in [4.69, 9.17) is 5.73 Å². The molecule has 3 aromatic rings. The quantitative estimate of drug-likeness (QED) is 0.595. The molecule has 6 nitrogen and oxygen atoms in total. The first-order valence-electron chi connectivity index (χ1n) is 10.1. The minimum absolute atomic E-state index is 0.136. The molecule has 4 rings (SSSR count). The molecule has 0 aliphatic carbocycles. The van der Waals surface area contributed by atoms with Crippen molar-refractivity contribution in [2.24, 2.45) is 0 Å². The monoisotopic (exact) mass is 419 g/mol. The molecular weight excluding hydrogens is 394 g/mol. The minimum atomic E-state index is -0.136. The Morgan fingerprint density at radius 2 is 1.97 bits per heavy atom. The number of thiazole rings is 1. The number of nitrogen functional groups attached to an aromatic ring is 1. The summed E-state index contributed by atoms with van der Waals surface area (Å²) in [6.45, 7) is 6.24. The van der Waals surface area contributed by atoms with Gasteiger partial charge in [-0.2, -0.15) is 0 Å². The molecule has 1 fully saturated rings. The van der Waals surface area contributed by atoms with Crippen molar-refractivity contribution in [2.45, 2.75) is 13.3 Å². The van der Waals surface area contributed by atoms with Crippen molar-refractivity contribution in [3.63, 3.8) is 0 Å². The zero-order valence-electron chi connectivity index (χ0n) is 17.2. The molecule has 30 heavy (non-hydrogen) atoms. The van der Waals surface area contributed by atoms with Gasteiger partial charge in [0.15, 0.2) is 5.13 Å². The van der Waals surface area contributed by atoms with Crippen molar-refractivity contribution in [3.8, 4) is 0 Å². The summed E-state index contributed by atoms with van der Waals surface area (Å²) in [7, 11) is 2.15. The van der Waals surface area contributed by atoms with Crippen LogP contribution in [0.5, 0.6) is 0 Å². The summed E-state index contributed by atoms with van der Waals surface area (Å²) in [5, 5.41) is 3.87. The van der Waals surface area contributed by atoms with Crippen LogP contribution in [0.15, 0.2) is 36.4 Å². The van der Waals surface area contributed by atoms with E-state index in [1.807, 2.05) is 25.1 Å². The number of carbonyl (C=O) groups excluding carboxylic acids is 1. The molecule has 3 N–H and O–H groups in total. The molecule has 1 aliphatic heterocycles. The first-order chi connectivity index (χ1) is 14.5. The van der Waals surface area contributed by atoms with E-state index < -0.39 is 0 Å². The number of nitrogens with two attached hydrogens (primary N) is 1. The van der Waals surface area contributed by atoms with E-state index in [2.05, 4.69) is 51.4 Å². The lowest BCUT2D eigenvalue weighted by molar-refractivity contribution is 0.104. The lowest BCUT2D eigenvalue weighted by atomic mass is 10.1. The molecule has 1 aliphatic rings. The fourth-order valence-corrected chi connectivity index (χ4v) is 4.28. The summed E-state index contributed by atoms with van der Waals surface area (Å²) in [4.78, 5) is 22.4. The standard InChI is InChI=1S/C23H25N5OS/c1-3-16-5-4-6-17(15-16)20(29)21-22(24)26-23(30-21)25-18-7-9-19(10-8-18)28-13-11-27(2)12-14-28/h6-10,15H,3,11-14,24H2,1-2H3,(H,25,26). The van der Waals surface area contributed by atoms with E-state index in [0.29, 0.717) is 15.6 Å². The summed E-state index contributed by atoms with van der Waals surface area (Å²) in [6, 6.07) is 17.7. The third-order valence-electron chi connectivity index (χ3n) is 5.28. The van der Waals surface area contributed by atoms with Gasteiger partial charge in [-0.15, -0.1) is 0 Å². The number of nitrogens with zero attached hydrogens (tertiary/aromatic N) is 3. The molecule has 0 atom stereocenters. The van der Waals surface area contributed by atoms with E-state index in [9.17, 15) is 4.79 Å². The largest absolute Gasteiger partial charge is 0.382 e. The van der Waals surface area contributed by atoms with E-state index in [-0.39, 0.29) is 11.6 Å². The average Bonchev–Trinajstić information content (AvgIpc) is 3.14. The highest BCUT2D eigenvalue weighted by atomic mass is 32.1. The molecule has 0 radical (unpaired) electrons. The lowest BCUT2D eigenvalue weighted by Crippen LogP contribution is -2.44. The van der Waals surface area contributed by atoms with Gasteiger partial charge < -0.3 is 20.9 Å². The molecule has 2 heterocycles. The maximum Gasteiger partial charge on any atom is 0.207 e. The molecule has 154 valence electrons. The highest BCUT2D eigenvalue weighted by Crippen LogP contribution is 2.30. The Bertz CT molecular complexity index is 1020. The molecule has 1 saturated heterocycles. The maximum absolute atomic E-state index is 12.9. The Labute approximate surface area is 181 Å². The zero-order chi connectivity index (χ0) is 21.1. The van der Waals surface area contributed by atoms with Crippen molar-refractivity contribution < 1.29 is 4.79 Å². The molecule has 1 aromatic heterocycles. The van der Waals surface area contributed by atoms with Crippen molar-refractivity contribution >= 4 is 39.4 Å². The van der Waals surface area contributed by atoms with E-state index in [1.165, 1.54) is 17.0 Å². The zero-order valence-corrected chi connectivity index (χ0v) is 18.1. The van der Waals surface area contributed by atoms with Gasteiger partial charge in [-0.05, 0) is 49.9 Å². The Morgan fingerprint density at radius 3 is 2.67 bits per heavy atom. The van der Waals surface area contributed by atoms with Crippen LogP contribution in [0.4, 0.5) is 22.3 Å². The van der Waals surface area contributed by atoms with Gasteiger partial charge in [-0.3, -0.25) is 4.79 Å². The molecule has 0 saturated carbocycles. The third kappa shape index (κ3) is 4.40. The van der Waals surface area contributed by atoms with Gasteiger partial charge in [0.1, 0.15) is 10.7 Å². The lowest BCUT2D eigenvalue weighted by Gasteiger charge is -2.34. The number of aryl methyl sites for hydroxylation is 1. The molecule has 7 heteroatoms. The van der Waals surface area contributed by atoms with Crippen LogP contribution in [0.2, 0.25) is 0 Å². The number of hydrogen-bond acceptors (Lipinski definition) is 7. The average molecular weight is 420 g/mol. The molecular formula is C23H25N5OS. The van der Waals surface area contributed by atoms with Gasteiger partial charge in [-0.25, -0.2) is 4.98 Å². The van der Waals surface area contributed by atoms with Gasteiger partial charge in [0.25, 0.3) is 0 Å². The Kier molecular flexibility index (Phi) is 5.88. The molecule has 2 aromatic carbocycles. The number of nitrogens with one attached hydrogen (secondary N) is 1. The fourth-order valence-electron chi connectivity index (χ4n) is 3.42. The normalized spacial score (nSPS) is 14.4. The predicted octanol–water partition coefficient (Wildman–Crippen LogP) is 3.61. The summed E-state index contributed by atoms with van der Waals surface area (Å²) in [5.74, 6) is 0.107. The smallest absolute Gasteiger partial charge is 0.207 e. The summed E-state index contributed by atoms with van der Waals surface area (Å²) < 4.78 is 0. The Balaban J connectivity index is 1.46. The number of benzene rings is 1. The summed E-state index contributed by atoms with van der Waals surface area (Å²) in [6.07, 6.45) is 0.798. The van der Waals surface area contributed by atoms with Crippen LogP contribution in [0.3, 0.4) is 0 Å². The first kappa shape index (κ1) is 20.2. The van der Waals surface area contributed by atoms with E-state index in [1.54, 1.807) is 6.07 Å². The van der Waals surface area contributed by atoms with Crippen LogP contribution in [0, 0.1) is 12.1 Å². The van der Waals surface area contributed by atoms with Crippen LogP contribution >= 0.6 is 11.3 Å². The second-order valence-electron chi connectivity index (χ2n) is 7.42. The van der Waals surface area contributed by atoms with Gasteiger partial charge in [0, 0.05) is 48.7 Å². The second kappa shape index (κ2) is 8.74. The number of anilines is 4. The predicted molar refractivity (Wildman–Crippen MR) is 123 cm³/mol. The van der Waals surface area contributed by atoms with E-state index in [0.717, 1.165) is 43.9 Å². The number of piperazine rings is 1. The molecule has 0 bridgehead atoms. The number of carbonyl (C=O) groups is 1. The van der Waals surface area contributed by atoms with Crippen molar-refractivity contribution in [1.29, 1.82) is 0 Å². The molecule has 0 unspecified atom stereocenters. The van der Waals surface area contributed by atoms with Crippen LogP contribution in [-0.2, 0) is 6.42 Å². The van der Waals surface area contributed by atoms with Crippen LogP contribution < -0.4 is 16.0 Å². The Morgan fingerprint density at radius 1 is 1.23 bits per heavy atom. The SMILES string of the molecule is CCc1c#ccc(C(=O)c2sc(Nc3ccc(N4CCN(C)CC4)cc3)nc2N)c1. The number of rotatable bonds is 6. The number of hydrogen-bond donors (Lipinski definition) is 2. The minimum Gasteiger partial charge on any atom is -0.382 e. The first-order valence-corrected chi connectivity index (χ1v) is 10.9. The number of aromatic nitrogens is 1. The summed E-state index contributed by atoms with van der Waals surface area (Å²) >= 11 is 1.27. The number of likely N-dealkylation sites (N-methyl/N-ethyl adjacent to an activating group) is 1. The number of ketones is 1. The van der Waals surface area contributed by atoms with Crippen LogP contribution in [0.25, 0.3) is 0 Å². The van der Waals surface area contributed by atoms with E-state index >= 15 is 0 Å². The van der Waals surface area contributed by atoms with Gasteiger partial charge in [0.05, 0.1) is 0 Å². The second-order valence-corrected chi connectivity index (χ2v) is 8.42. The Hall–Kier alpha value is -3.08. The van der Waals surface area contributed by atoms with Gasteiger partial charge >= 0.3 is 0 Å². The van der Waals surface area contributed by atoms with Gasteiger partial charge in [-0.1, -0.05) is 30.4 Å². The fraction of sp³-hybridized carbons (Fsp3) is 0.304. The third-order valence-corrected chi connectivity index (χ3v) is 6.27. The van der Waals surface area contributed by atoms with Crippen LogP contribution in [-0.4, -0.2) is 48.9 Å².